The van der Waals surface area contributed by atoms with E-state index >= 15 is 0 Å². The Labute approximate surface area is 241 Å². The minimum absolute atomic E-state index is 0.0793. The van der Waals surface area contributed by atoms with Gasteiger partial charge in [0.2, 0.25) is 5.78 Å². The topological polar surface area (TPSA) is 132 Å². The van der Waals surface area contributed by atoms with Gasteiger partial charge in [0, 0.05) is 22.3 Å². The second-order valence-corrected chi connectivity index (χ2v) is 13.7. The minimum Gasteiger partial charge on any atom is -0.508 e. The molecule has 5 rings (SSSR count). The van der Waals surface area contributed by atoms with Crippen molar-refractivity contribution in [1.29, 1.82) is 0 Å². The number of aliphatic hydroxyl groups is 3. The van der Waals surface area contributed by atoms with Crippen molar-refractivity contribution in [3.8, 4) is 5.75 Å². The monoisotopic (exact) mass is 560 g/mol. The van der Waals surface area contributed by atoms with Gasteiger partial charge in [-0.05, 0) is 67.2 Å². The molecule has 1 aromatic carbocycles. The Hall–Kier alpha value is -3.45. The van der Waals surface area contributed by atoms with Gasteiger partial charge in [-0.3, -0.25) is 14.4 Å². The Morgan fingerprint density at radius 2 is 1.71 bits per heavy atom. The standard InChI is InChI=1S/C34H40O7/c1-16(2)12-19-8-9-20(13-19)21-10-11-23(36)25-22(21)14-32(6)15-33(7)26(17(3)4)28(37)24(18(5)35)30(39)34(33,41)31(40)27(32)29(25)38/h8-11,16-17,26,36,38-39,41H,12-15H2,1-7H3/t26?,32-,33-,34+/m1/s1. The van der Waals surface area contributed by atoms with Crippen LogP contribution in [0.4, 0.5) is 0 Å². The average molecular weight is 561 g/mol. The van der Waals surface area contributed by atoms with E-state index in [4.69, 9.17) is 0 Å². The lowest BCUT2D eigenvalue weighted by Crippen LogP contribution is -2.69. The highest BCUT2D eigenvalue weighted by Crippen LogP contribution is 2.65. The van der Waals surface area contributed by atoms with Gasteiger partial charge in [0.05, 0.1) is 5.56 Å². The van der Waals surface area contributed by atoms with Crippen LogP contribution in [0.15, 0.2) is 46.8 Å². The summed E-state index contributed by atoms with van der Waals surface area (Å²) >= 11 is 0. The number of rotatable bonds is 5. The smallest absolute Gasteiger partial charge is 0.203 e. The molecule has 7 nitrogen and oxygen atoms in total. The number of phenolic OH excluding ortho intramolecular Hbond substituents is 1. The number of ketones is 3. The average Bonchev–Trinajstić information content (AvgIpc) is 3.28. The number of Topliss-reactive ketones (excluding diaryl/α,β-unsaturated/α-hetero) is 3. The normalized spacial score (nSPS) is 31.3. The van der Waals surface area contributed by atoms with Crippen LogP contribution in [-0.2, 0) is 20.8 Å². The van der Waals surface area contributed by atoms with Crippen LogP contribution in [0.1, 0.15) is 84.4 Å². The molecule has 4 aliphatic carbocycles. The second kappa shape index (κ2) is 9.28. The third-order valence-corrected chi connectivity index (χ3v) is 9.84. The van der Waals surface area contributed by atoms with E-state index in [2.05, 4.69) is 26.0 Å². The summed E-state index contributed by atoms with van der Waals surface area (Å²) in [6, 6.07) is 3.34. The summed E-state index contributed by atoms with van der Waals surface area (Å²) in [4.78, 5) is 40.6. The summed E-state index contributed by atoms with van der Waals surface area (Å²) in [5, 5.41) is 46.1. The van der Waals surface area contributed by atoms with Crippen LogP contribution in [0.5, 0.6) is 5.75 Å². The largest absolute Gasteiger partial charge is 0.508 e. The van der Waals surface area contributed by atoms with E-state index in [0.717, 1.165) is 30.9 Å². The number of carbonyl (C=O) groups excluding carboxylic acids is 3. The lowest BCUT2D eigenvalue weighted by molar-refractivity contribution is -0.178. The fourth-order valence-electron chi connectivity index (χ4n) is 8.45. The molecule has 0 heterocycles. The first kappa shape index (κ1) is 29.1. The Morgan fingerprint density at radius 1 is 1.05 bits per heavy atom. The van der Waals surface area contributed by atoms with Crippen LogP contribution in [0, 0.1) is 28.6 Å². The predicted octanol–water partition coefficient (Wildman–Crippen LogP) is 5.95. The molecule has 218 valence electrons. The third kappa shape index (κ3) is 3.84. The number of carbonyl (C=O) groups is 3. The Morgan fingerprint density at radius 3 is 2.29 bits per heavy atom. The van der Waals surface area contributed by atoms with Crippen molar-refractivity contribution in [2.24, 2.45) is 28.6 Å². The van der Waals surface area contributed by atoms with Crippen LogP contribution in [0.2, 0.25) is 0 Å². The molecule has 0 aliphatic heterocycles. The molecule has 0 aromatic heterocycles. The molecule has 0 bridgehead atoms. The van der Waals surface area contributed by atoms with E-state index in [1.807, 2.05) is 13.0 Å². The molecular formula is C34H40O7. The number of aromatic hydroxyl groups is 1. The molecule has 7 heteroatoms. The van der Waals surface area contributed by atoms with Gasteiger partial charge in [-0.2, -0.15) is 0 Å². The number of phenols is 1. The van der Waals surface area contributed by atoms with Crippen molar-refractivity contribution < 1.29 is 34.8 Å². The highest BCUT2D eigenvalue weighted by molar-refractivity contribution is 6.24. The van der Waals surface area contributed by atoms with Crippen molar-refractivity contribution in [1.82, 2.24) is 0 Å². The number of hydrogen-bond acceptors (Lipinski definition) is 7. The zero-order valence-corrected chi connectivity index (χ0v) is 24.9. The zero-order chi connectivity index (χ0) is 30.4. The minimum atomic E-state index is -2.60. The van der Waals surface area contributed by atoms with E-state index in [1.54, 1.807) is 20.8 Å². The molecule has 4 atom stereocenters. The van der Waals surface area contributed by atoms with Gasteiger partial charge < -0.3 is 20.4 Å². The van der Waals surface area contributed by atoms with E-state index in [0.29, 0.717) is 11.5 Å². The summed E-state index contributed by atoms with van der Waals surface area (Å²) in [7, 11) is 0. The third-order valence-electron chi connectivity index (χ3n) is 9.84. The molecule has 1 aromatic rings. The number of fused-ring (bicyclic) bond motifs is 3. The quantitative estimate of drug-likeness (QED) is 0.327. The zero-order valence-electron chi connectivity index (χ0n) is 24.9. The fraction of sp³-hybridized carbons (Fsp3) is 0.500. The van der Waals surface area contributed by atoms with Crippen LogP contribution < -0.4 is 0 Å². The van der Waals surface area contributed by atoms with Gasteiger partial charge in [0.15, 0.2) is 17.2 Å². The summed E-state index contributed by atoms with van der Waals surface area (Å²) in [6.07, 6.45) is 6.24. The van der Waals surface area contributed by atoms with Gasteiger partial charge in [0.1, 0.15) is 22.8 Å². The summed E-state index contributed by atoms with van der Waals surface area (Å²) < 4.78 is 0. The first-order valence-corrected chi connectivity index (χ1v) is 14.4. The van der Waals surface area contributed by atoms with Crippen molar-refractivity contribution in [3.05, 3.63) is 63.5 Å². The van der Waals surface area contributed by atoms with E-state index in [9.17, 15) is 34.8 Å². The molecular weight excluding hydrogens is 520 g/mol. The summed E-state index contributed by atoms with van der Waals surface area (Å²) in [6.45, 7) is 12.5. The van der Waals surface area contributed by atoms with Gasteiger partial charge in [-0.15, -0.1) is 0 Å². The number of benzene rings is 1. The first-order valence-electron chi connectivity index (χ1n) is 14.4. The number of aliphatic hydroxyl groups excluding tert-OH is 2. The fourth-order valence-corrected chi connectivity index (χ4v) is 8.45. The summed E-state index contributed by atoms with van der Waals surface area (Å²) in [5.74, 6) is -4.65. The van der Waals surface area contributed by atoms with Crippen LogP contribution in [0.25, 0.3) is 11.3 Å². The van der Waals surface area contributed by atoms with Gasteiger partial charge in [-0.1, -0.05) is 65.3 Å². The molecule has 0 radical (unpaired) electrons. The van der Waals surface area contributed by atoms with Crippen molar-refractivity contribution >= 4 is 28.7 Å². The number of hydrogen-bond donors (Lipinski definition) is 4. The SMILES string of the molecule is CC(=O)C1=C(O)[C@]2(O)C(=O)C3=C(O)c4c(O)ccc(C5=CC=C(CC(C)C)C5)c4C[C@]3(C)C[C@]2(C)C(C(C)C)C1=O. The first-order chi connectivity index (χ1) is 19.0. The highest BCUT2D eigenvalue weighted by atomic mass is 16.3. The molecule has 4 N–H and O–H groups in total. The summed E-state index contributed by atoms with van der Waals surface area (Å²) in [5.41, 5.74) is -1.72. The van der Waals surface area contributed by atoms with Gasteiger partial charge in [0.25, 0.3) is 0 Å². The van der Waals surface area contributed by atoms with Crippen LogP contribution in [0.3, 0.4) is 0 Å². The molecule has 1 fully saturated rings. The van der Waals surface area contributed by atoms with Crippen molar-refractivity contribution in [3.63, 3.8) is 0 Å². The van der Waals surface area contributed by atoms with Crippen LogP contribution in [-0.4, -0.2) is 43.4 Å². The molecule has 1 saturated carbocycles. The lowest BCUT2D eigenvalue weighted by atomic mass is 9.43. The predicted molar refractivity (Wildman–Crippen MR) is 156 cm³/mol. The van der Waals surface area contributed by atoms with Crippen molar-refractivity contribution in [2.75, 3.05) is 0 Å². The maximum absolute atomic E-state index is 14.4. The van der Waals surface area contributed by atoms with Crippen molar-refractivity contribution in [2.45, 2.75) is 79.8 Å². The molecule has 0 saturated heterocycles. The maximum atomic E-state index is 14.4. The molecule has 41 heavy (non-hydrogen) atoms. The Bertz CT molecular complexity index is 1530. The van der Waals surface area contributed by atoms with E-state index in [1.165, 1.54) is 11.6 Å². The molecule has 0 amide bonds. The Balaban J connectivity index is 1.73. The van der Waals surface area contributed by atoms with E-state index < -0.39 is 56.8 Å². The van der Waals surface area contributed by atoms with Gasteiger partial charge >= 0.3 is 0 Å². The van der Waals surface area contributed by atoms with Crippen LogP contribution >= 0.6 is 0 Å². The second-order valence-electron chi connectivity index (χ2n) is 13.7. The van der Waals surface area contributed by atoms with E-state index in [-0.39, 0.29) is 35.6 Å². The molecule has 1 unspecified atom stereocenters. The van der Waals surface area contributed by atoms with Gasteiger partial charge in [-0.25, -0.2) is 0 Å². The number of allylic oxidation sites excluding steroid dienone is 5. The maximum Gasteiger partial charge on any atom is 0.203 e. The lowest BCUT2D eigenvalue weighted by Gasteiger charge is -2.59. The molecule has 0 spiro atoms. The Kier molecular flexibility index (Phi) is 6.58. The highest BCUT2D eigenvalue weighted by Gasteiger charge is 2.72. The molecule has 4 aliphatic rings.